The van der Waals surface area contributed by atoms with Crippen LogP contribution in [0.15, 0.2) is 36.5 Å². The highest BCUT2D eigenvalue weighted by Gasteiger charge is 2.25. The molecule has 3 aromatic rings. The molecule has 10 heteroatoms. The summed E-state index contributed by atoms with van der Waals surface area (Å²) in [5.74, 6) is 1.87. The smallest absolute Gasteiger partial charge is 0.228 e. The summed E-state index contributed by atoms with van der Waals surface area (Å²) in [5, 5.41) is 6.78. The van der Waals surface area contributed by atoms with Crippen molar-refractivity contribution in [3.8, 4) is 17.1 Å². The van der Waals surface area contributed by atoms with Crippen LogP contribution in [0.5, 0.6) is 5.75 Å². The largest absolute Gasteiger partial charge is 0.496 e. The number of amides is 1. The minimum Gasteiger partial charge on any atom is -0.496 e. The number of benzene rings is 1. The molecule has 0 radical (unpaired) electrons. The maximum Gasteiger partial charge on any atom is 0.228 e. The quantitative estimate of drug-likeness (QED) is 0.520. The maximum atomic E-state index is 12.6. The molecule has 1 saturated heterocycles. The van der Waals surface area contributed by atoms with Crippen LogP contribution in [0.1, 0.15) is 18.4 Å². The summed E-state index contributed by atoms with van der Waals surface area (Å²) in [4.78, 5) is 23.6. The van der Waals surface area contributed by atoms with Gasteiger partial charge in [-0.05, 0) is 67.9 Å². The molecule has 0 aliphatic carbocycles. The first kappa shape index (κ1) is 22.4. The van der Waals surface area contributed by atoms with E-state index in [-0.39, 0.29) is 11.8 Å². The number of rotatable bonds is 6. The van der Waals surface area contributed by atoms with Gasteiger partial charge < -0.3 is 10.1 Å². The van der Waals surface area contributed by atoms with Crippen LogP contribution in [0.3, 0.4) is 0 Å². The van der Waals surface area contributed by atoms with Crippen molar-refractivity contribution in [3.63, 3.8) is 0 Å². The standard InChI is InChI=1S/C22H25ClN6O2S/c1-14-5-8-24-19(11-14)25-21(30)15-6-9-28(10-7-15)13-29-22(32)26-20(27-29)17-12-16(23)3-4-18(17)31-2/h3-5,8,11-12,15H,6-7,9-10,13H2,1-2H3,(H,24,25,30)(H,26,27,32). The van der Waals surface area contributed by atoms with Crippen LogP contribution in [0.2, 0.25) is 5.02 Å². The molecule has 2 N–H and O–H groups in total. The summed E-state index contributed by atoms with van der Waals surface area (Å²) in [7, 11) is 1.60. The van der Waals surface area contributed by atoms with E-state index in [9.17, 15) is 4.79 Å². The monoisotopic (exact) mass is 472 g/mol. The highest BCUT2D eigenvalue weighted by Crippen LogP contribution is 2.30. The fourth-order valence-corrected chi connectivity index (χ4v) is 4.17. The van der Waals surface area contributed by atoms with Crippen molar-refractivity contribution >= 4 is 35.5 Å². The molecule has 0 bridgehead atoms. The van der Waals surface area contributed by atoms with E-state index < -0.39 is 0 Å². The minimum atomic E-state index is -0.0328. The van der Waals surface area contributed by atoms with Crippen molar-refractivity contribution in [3.05, 3.63) is 51.9 Å². The molecule has 168 valence electrons. The Morgan fingerprint density at radius 2 is 2.09 bits per heavy atom. The number of likely N-dealkylation sites (tertiary alicyclic amines) is 1. The van der Waals surface area contributed by atoms with E-state index in [1.54, 1.807) is 31.5 Å². The number of halogens is 1. The zero-order valence-electron chi connectivity index (χ0n) is 18.0. The lowest BCUT2D eigenvalue weighted by molar-refractivity contribution is -0.121. The van der Waals surface area contributed by atoms with Crippen LogP contribution >= 0.6 is 23.8 Å². The third kappa shape index (κ3) is 5.17. The highest BCUT2D eigenvalue weighted by molar-refractivity contribution is 7.71. The van der Waals surface area contributed by atoms with Crippen LogP contribution in [-0.2, 0) is 11.5 Å². The SMILES string of the molecule is COc1ccc(Cl)cc1-c1nc(=S)n(CN2CCC(C(=O)Nc3cc(C)ccn3)CC2)[nH]1. The first-order valence-corrected chi connectivity index (χ1v) is 11.2. The van der Waals surface area contributed by atoms with E-state index in [4.69, 9.17) is 28.6 Å². The third-order valence-electron chi connectivity index (χ3n) is 5.56. The van der Waals surface area contributed by atoms with Crippen molar-refractivity contribution < 1.29 is 9.53 Å². The van der Waals surface area contributed by atoms with Gasteiger partial charge in [0.2, 0.25) is 10.7 Å². The Morgan fingerprint density at radius 3 is 2.81 bits per heavy atom. The molecular weight excluding hydrogens is 448 g/mol. The van der Waals surface area contributed by atoms with Crippen molar-refractivity contribution in [1.82, 2.24) is 24.6 Å². The van der Waals surface area contributed by atoms with E-state index >= 15 is 0 Å². The van der Waals surface area contributed by atoms with Gasteiger partial charge in [0.25, 0.3) is 0 Å². The van der Waals surface area contributed by atoms with Gasteiger partial charge in [0.05, 0.1) is 19.3 Å². The molecule has 2 aromatic heterocycles. The molecule has 3 heterocycles. The second-order valence-corrected chi connectivity index (χ2v) is 8.67. The number of hydrogen-bond donors (Lipinski definition) is 2. The van der Waals surface area contributed by atoms with Crippen LogP contribution in [-0.4, -0.2) is 50.8 Å². The maximum absolute atomic E-state index is 12.6. The van der Waals surface area contributed by atoms with Gasteiger partial charge in [-0.2, -0.15) is 4.98 Å². The average Bonchev–Trinajstić information content (AvgIpc) is 3.14. The van der Waals surface area contributed by atoms with Gasteiger partial charge in [-0.15, -0.1) is 0 Å². The van der Waals surface area contributed by atoms with Gasteiger partial charge in [0.1, 0.15) is 11.6 Å². The number of aromatic nitrogens is 4. The number of pyridine rings is 1. The van der Waals surface area contributed by atoms with Crippen molar-refractivity contribution in [2.45, 2.75) is 26.4 Å². The Morgan fingerprint density at radius 1 is 1.31 bits per heavy atom. The molecule has 0 spiro atoms. The first-order chi connectivity index (χ1) is 15.4. The van der Waals surface area contributed by atoms with Crippen LogP contribution in [0, 0.1) is 17.6 Å². The molecule has 1 aromatic carbocycles. The Hall–Kier alpha value is -2.75. The van der Waals surface area contributed by atoms with Gasteiger partial charge in [-0.3, -0.25) is 14.8 Å². The molecule has 1 fully saturated rings. The van der Waals surface area contributed by atoms with Crippen LogP contribution in [0.4, 0.5) is 5.82 Å². The number of hydrogen-bond acceptors (Lipinski definition) is 6. The molecule has 0 saturated carbocycles. The number of aryl methyl sites for hydroxylation is 1. The van der Waals surface area contributed by atoms with Crippen molar-refractivity contribution in [1.29, 1.82) is 0 Å². The first-order valence-electron chi connectivity index (χ1n) is 10.4. The number of ether oxygens (including phenoxy) is 1. The summed E-state index contributed by atoms with van der Waals surface area (Å²) in [6.07, 6.45) is 3.25. The third-order valence-corrected chi connectivity index (χ3v) is 6.11. The van der Waals surface area contributed by atoms with Gasteiger partial charge in [-0.1, -0.05) is 11.6 Å². The molecule has 1 aliphatic heterocycles. The second kappa shape index (κ2) is 9.81. The second-order valence-electron chi connectivity index (χ2n) is 7.87. The number of H-pyrrole nitrogens is 1. The molecule has 0 atom stereocenters. The zero-order valence-corrected chi connectivity index (χ0v) is 19.5. The predicted octanol–water partition coefficient (Wildman–Crippen LogP) is 4.28. The van der Waals surface area contributed by atoms with E-state index in [1.807, 2.05) is 23.7 Å². The molecule has 1 amide bonds. The lowest BCUT2D eigenvalue weighted by Gasteiger charge is -2.31. The average molecular weight is 473 g/mol. The summed E-state index contributed by atoms with van der Waals surface area (Å²) in [5.41, 5.74) is 1.82. The number of piperidine rings is 1. The Balaban J connectivity index is 1.37. The Kier molecular flexibility index (Phi) is 6.88. The summed E-state index contributed by atoms with van der Waals surface area (Å²) in [6, 6.07) is 9.15. The normalized spacial score (nSPS) is 15.0. The Labute approximate surface area is 196 Å². The fourth-order valence-electron chi connectivity index (χ4n) is 3.81. The number of nitrogens with zero attached hydrogens (tertiary/aromatic N) is 4. The van der Waals surface area contributed by atoms with Gasteiger partial charge in [0.15, 0.2) is 5.82 Å². The number of carbonyl (C=O) groups is 1. The lowest BCUT2D eigenvalue weighted by Crippen LogP contribution is -2.39. The van der Waals surface area contributed by atoms with Crippen molar-refractivity contribution in [2.75, 3.05) is 25.5 Å². The van der Waals surface area contributed by atoms with Crippen LogP contribution in [0.25, 0.3) is 11.4 Å². The summed E-state index contributed by atoms with van der Waals surface area (Å²) < 4.78 is 7.70. The van der Waals surface area contributed by atoms with Gasteiger partial charge in [-0.25, -0.2) is 9.67 Å². The van der Waals surface area contributed by atoms with Gasteiger partial charge in [0, 0.05) is 30.2 Å². The molecule has 1 aliphatic rings. The number of nitrogens with one attached hydrogen (secondary N) is 2. The van der Waals surface area contributed by atoms with Crippen LogP contribution < -0.4 is 10.1 Å². The molecule has 4 rings (SSSR count). The molecule has 32 heavy (non-hydrogen) atoms. The molecule has 0 unspecified atom stereocenters. The number of anilines is 1. The summed E-state index contributed by atoms with van der Waals surface area (Å²) >= 11 is 11.6. The van der Waals surface area contributed by atoms with E-state index in [0.717, 1.165) is 37.1 Å². The summed E-state index contributed by atoms with van der Waals surface area (Å²) in [6.45, 7) is 4.12. The van der Waals surface area contributed by atoms with Crippen molar-refractivity contribution in [2.24, 2.45) is 5.92 Å². The lowest BCUT2D eigenvalue weighted by atomic mass is 9.96. The molecular formula is C22H25ClN6O2S. The van der Waals surface area contributed by atoms with E-state index in [1.165, 1.54) is 0 Å². The Bertz CT molecular complexity index is 1170. The fraction of sp³-hybridized carbons (Fsp3) is 0.364. The number of methoxy groups -OCH3 is 1. The topological polar surface area (TPSA) is 88.1 Å². The van der Waals surface area contributed by atoms with Gasteiger partial charge >= 0.3 is 0 Å². The number of carbonyl (C=O) groups excluding carboxylic acids is 1. The minimum absolute atomic E-state index is 0.0243. The predicted molar refractivity (Wildman–Crippen MR) is 126 cm³/mol. The van der Waals surface area contributed by atoms with E-state index in [2.05, 4.69) is 25.3 Å². The number of aromatic amines is 1. The zero-order chi connectivity index (χ0) is 22.7. The molecule has 8 nitrogen and oxygen atoms in total. The van der Waals surface area contributed by atoms with E-state index in [0.29, 0.717) is 33.9 Å². The highest BCUT2D eigenvalue weighted by atomic mass is 35.5.